The minimum Gasteiger partial charge on any atom is -0.744 e. The molecule has 4 aromatic carbocycles. The first-order valence-electron chi connectivity index (χ1n) is 16.5. The van der Waals surface area contributed by atoms with Gasteiger partial charge in [-0.05, 0) is 89.8 Å². The second-order valence-corrected chi connectivity index (χ2v) is 16.2. The second-order valence-electron chi connectivity index (χ2n) is 13.5. The average molecular weight is 781 g/mol. The Morgan fingerprint density at radius 3 is 1.65 bits per heavy atom. The molecule has 0 spiro atoms. The lowest BCUT2D eigenvalue weighted by Gasteiger charge is -2.26. The molecule has 9 nitrogen and oxygen atoms in total. The van der Waals surface area contributed by atoms with Gasteiger partial charge in [-0.2, -0.15) is 13.2 Å². The van der Waals surface area contributed by atoms with Gasteiger partial charge in [0.05, 0.1) is 20.7 Å². The van der Waals surface area contributed by atoms with Gasteiger partial charge >= 0.3 is 6.18 Å². The minimum atomic E-state index is -5.26. The molecule has 284 valence electrons. The van der Waals surface area contributed by atoms with E-state index in [9.17, 15) is 49.0 Å². The molecule has 0 atom stereocenters. The quantitative estimate of drug-likeness (QED) is 0.114. The van der Waals surface area contributed by atoms with Crippen LogP contribution in [0.4, 0.5) is 13.2 Å². The fraction of sp³-hybridized carbons (Fsp3) is 0.225. The second kappa shape index (κ2) is 14.7. The maximum absolute atomic E-state index is 14.6. The van der Waals surface area contributed by atoms with Crippen LogP contribution in [-0.4, -0.2) is 31.0 Å². The highest BCUT2D eigenvalue weighted by atomic mass is 32.2. The molecule has 1 N–H and O–H groups in total. The number of hydrogen-bond acceptors (Lipinski definition) is 9. The van der Waals surface area contributed by atoms with Crippen LogP contribution in [0.5, 0.6) is 5.75 Å². The molecule has 0 radical (unpaired) electrons. The molecular weight excluding hydrogens is 746 g/mol. The lowest BCUT2D eigenvalue weighted by atomic mass is 9.82. The van der Waals surface area contributed by atoms with Gasteiger partial charge in [0.25, 0.3) is 0 Å². The number of alkyl halides is 3. The van der Waals surface area contributed by atoms with Crippen molar-refractivity contribution in [3.05, 3.63) is 122 Å². The third kappa shape index (κ3) is 8.06. The topological polar surface area (TPSA) is 165 Å². The predicted molar refractivity (Wildman–Crippen MR) is 197 cm³/mol. The number of allylic oxidation sites excluding steroid dienone is 4. The summed E-state index contributed by atoms with van der Waals surface area (Å²) in [5, 5.41) is 11.1. The number of aromatic hydroxyl groups is 1. The van der Waals surface area contributed by atoms with E-state index in [1.165, 1.54) is 24.3 Å². The van der Waals surface area contributed by atoms with Gasteiger partial charge in [-0.15, -0.1) is 0 Å². The number of fused-ring (bicyclic) bond motifs is 1. The monoisotopic (exact) mass is 780 g/mol. The molecule has 0 saturated heterocycles. The summed E-state index contributed by atoms with van der Waals surface area (Å²) < 4.78 is 124. The maximum Gasteiger partial charge on any atom is 0.416 e. The first-order chi connectivity index (χ1) is 25.0. The van der Waals surface area contributed by atoms with Crippen molar-refractivity contribution in [3.63, 3.8) is 0 Å². The number of hydrogen-bond donors (Lipinski definition) is 1. The molecule has 5 rings (SSSR count). The zero-order valence-corrected chi connectivity index (χ0v) is 31.6. The van der Waals surface area contributed by atoms with Crippen LogP contribution >= 0.6 is 0 Å². The Bertz CT molecular complexity index is 2660. The summed E-state index contributed by atoms with van der Waals surface area (Å²) in [5.41, 5.74) is -0.202. The van der Waals surface area contributed by atoms with E-state index >= 15 is 0 Å². The van der Waals surface area contributed by atoms with E-state index in [4.69, 9.17) is 4.42 Å². The van der Waals surface area contributed by atoms with Gasteiger partial charge < -0.3 is 18.6 Å². The van der Waals surface area contributed by atoms with Crippen LogP contribution in [0, 0.1) is 13.8 Å². The minimum absolute atomic E-state index is 0.0662. The van der Waals surface area contributed by atoms with E-state index in [1.807, 2.05) is 0 Å². The Morgan fingerprint density at radius 2 is 1.20 bits per heavy atom. The summed E-state index contributed by atoms with van der Waals surface area (Å²) in [4.78, 5) is 13.2. The number of halogens is 3. The predicted octanol–water partition coefficient (Wildman–Crippen LogP) is 8.96. The molecule has 0 unspecified atom stereocenters. The van der Waals surface area contributed by atoms with Crippen LogP contribution in [0.15, 0.2) is 103 Å². The standard InChI is InChI=1S/C40H37F3O9S2/c1-21(2)7-15-27-33(29-19-23(5)9-17-31(29)53(46,47)48)28(16-8-22(3)4)39-35(34(27)30-20-24(6)10-18-32(30)54(49,50)51)36(44)37(45)38(52-39)25-11-13-26(14-12-25)40(41,42)43/h7-14,17-20,45H,15-16H2,1-6H3,(H,46,47,48)(H,49,50,51)/p-2. The first-order valence-corrected chi connectivity index (χ1v) is 19.3. The highest BCUT2D eigenvalue weighted by molar-refractivity contribution is 7.86. The fourth-order valence-corrected chi connectivity index (χ4v) is 7.62. The van der Waals surface area contributed by atoms with Crippen molar-refractivity contribution in [2.45, 2.75) is 70.4 Å². The van der Waals surface area contributed by atoms with Crippen LogP contribution < -0.4 is 5.43 Å². The summed E-state index contributed by atoms with van der Waals surface area (Å²) in [6, 6.07) is 11.3. The number of aryl methyl sites for hydroxylation is 2. The molecule has 0 aliphatic carbocycles. The summed E-state index contributed by atoms with van der Waals surface area (Å²) in [7, 11) is -10.5. The summed E-state index contributed by atoms with van der Waals surface area (Å²) in [6.45, 7) is 10.3. The molecule has 0 bridgehead atoms. The van der Waals surface area contributed by atoms with E-state index < -0.39 is 58.7 Å². The van der Waals surface area contributed by atoms with Crippen molar-refractivity contribution >= 4 is 31.2 Å². The first kappa shape index (κ1) is 40.2. The molecule has 0 aliphatic heterocycles. The molecular formula is C40H35F3O9S2-2. The SMILES string of the molecule is CC(C)=CCc1c(-c2cc(C)ccc2S(=O)(=O)[O-])c(CC=C(C)C)c2oc(-c3ccc(C(F)(F)F)cc3)c(O)c(=O)c2c1-c1cc(C)ccc1S(=O)(=O)[O-]. The molecule has 5 aromatic rings. The van der Waals surface area contributed by atoms with Gasteiger partial charge in [0.2, 0.25) is 11.2 Å². The smallest absolute Gasteiger partial charge is 0.416 e. The Labute approximate surface area is 310 Å². The third-order valence-electron chi connectivity index (χ3n) is 8.77. The number of rotatable bonds is 9. The molecule has 1 aromatic heterocycles. The van der Waals surface area contributed by atoms with Crippen molar-refractivity contribution in [2.24, 2.45) is 0 Å². The van der Waals surface area contributed by atoms with Gasteiger partial charge in [0.15, 0.2) is 5.76 Å². The van der Waals surface area contributed by atoms with Crippen LogP contribution in [0.2, 0.25) is 0 Å². The van der Waals surface area contributed by atoms with E-state index in [0.29, 0.717) is 11.1 Å². The van der Waals surface area contributed by atoms with Gasteiger partial charge in [0.1, 0.15) is 25.8 Å². The third-order valence-corrected chi connectivity index (χ3v) is 10.6. The fourth-order valence-electron chi connectivity index (χ4n) is 6.29. The van der Waals surface area contributed by atoms with Crippen LogP contribution in [0.3, 0.4) is 0 Å². The van der Waals surface area contributed by atoms with Crippen LogP contribution in [-0.2, 0) is 39.3 Å². The van der Waals surface area contributed by atoms with Crippen molar-refractivity contribution in [1.29, 1.82) is 0 Å². The van der Waals surface area contributed by atoms with Crippen molar-refractivity contribution in [1.82, 2.24) is 0 Å². The molecule has 0 fully saturated rings. The molecule has 54 heavy (non-hydrogen) atoms. The summed E-state index contributed by atoms with van der Waals surface area (Å²) in [5.74, 6) is -1.55. The van der Waals surface area contributed by atoms with Crippen LogP contribution in [0.1, 0.15) is 55.5 Å². The van der Waals surface area contributed by atoms with Gasteiger partial charge in [0, 0.05) is 27.8 Å². The highest BCUT2D eigenvalue weighted by Gasteiger charge is 2.32. The molecule has 1 heterocycles. The molecule has 0 amide bonds. The Balaban J connectivity index is 2.19. The average Bonchev–Trinajstić information content (AvgIpc) is 3.05. The molecule has 14 heteroatoms. The largest absolute Gasteiger partial charge is 0.744 e. The zero-order chi connectivity index (χ0) is 40.1. The van der Waals surface area contributed by atoms with Gasteiger partial charge in [-0.25, -0.2) is 16.8 Å². The van der Waals surface area contributed by atoms with Crippen LogP contribution in [0.25, 0.3) is 44.5 Å². The lowest BCUT2D eigenvalue weighted by molar-refractivity contribution is -0.137. The van der Waals surface area contributed by atoms with Crippen molar-refractivity contribution in [3.8, 4) is 39.3 Å². The zero-order valence-electron chi connectivity index (χ0n) is 30.0. The summed E-state index contributed by atoms with van der Waals surface area (Å²) >= 11 is 0. The van der Waals surface area contributed by atoms with Crippen molar-refractivity contribution < 1.29 is 48.6 Å². The molecule has 0 saturated carbocycles. The van der Waals surface area contributed by atoms with E-state index in [1.54, 1.807) is 53.7 Å². The van der Waals surface area contributed by atoms with E-state index in [2.05, 4.69) is 0 Å². The number of benzene rings is 4. The summed E-state index contributed by atoms with van der Waals surface area (Å²) in [6.07, 6.45) is -1.41. The normalized spacial score (nSPS) is 12.2. The van der Waals surface area contributed by atoms with E-state index in [0.717, 1.165) is 47.5 Å². The van der Waals surface area contributed by atoms with Crippen molar-refractivity contribution in [2.75, 3.05) is 0 Å². The van der Waals surface area contributed by atoms with Gasteiger partial charge in [-0.1, -0.05) is 70.8 Å². The Kier molecular flexibility index (Phi) is 10.9. The maximum atomic E-state index is 14.6. The van der Waals surface area contributed by atoms with Gasteiger partial charge in [-0.3, -0.25) is 4.79 Å². The Hall–Kier alpha value is -5.02. The van der Waals surface area contributed by atoms with E-state index in [-0.39, 0.29) is 62.8 Å². The lowest BCUT2D eigenvalue weighted by Crippen LogP contribution is -2.13. The Morgan fingerprint density at radius 1 is 0.741 bits per heavy atom. The molecule has 0 aliphatic rings. The highest BCUT2D eigenvalue weighted by Crippen LogP contribution is 2.47.